The van der Waals surface area contributed by atoms with Gasteiger partial charge >= 0.3 is 0 Å². The molecule has 25 heavy (non-hydrogen) atoms. The molecule has 0 aliphatic rings. The number of aromatic nitrogens is 1. The SMILES string of the molecule is COc1ccc(Cl)cc1Nc1nc(-c2cccc(NC(C)=O)c2)cs1. The minimum Gasteiger partial charge on any atom is -0.495 e. The number of anilines is 3. The highest BCUT2D eigenvalue weighted by atomic mass is 35.5. The number of nitrogens with one attached hydrogen (secondary N) is 2. The largest absolute Gasteiger partial charge is 0.495 e. The smallest absolute Gasteiger partial charge is 0.221 e. The number of halogens is 1. The molecule has 0 saturated carbocycles. The summed E-state index contributed by atoms with van der Waals surface area (Å²) >= 11 is 7.53. The number of carbonyl (C=O) groups excluding carboxylic acids is 1. The van der Waals surface area contributed by atoms with Gasteiger partial charge in [-0.3, -0.25) is 4.79 Å². The fourth-order valence-electron chi connectivity index (χ4n) is 2.32. The van der Waals surface area contributed by atoms with Crippen LogP contribution < -0.4 is 15.4 Å². The standard InChI is InChI=1S/C18H16ClN3O2S/c1-11(23)20-14-5-3-4-12(8-14)16-10-25-18(22-16)21-15-9-13(19)6-7-17(15)24-2/h3-10H,1-2H3,(H,20,23)(H,21,22). The Morgan fingerprint density at radius 3 is 2.84 bits per heavy atom. The second kappa shape index (κ2) is 7.55. The quantitative estimate of drug-likeness (QED) is 0.647. The zero-order valence-electron chi connectivity index (χ0n) is 13.7. The molecule has 2 aromatic carbocycles. The first-order valence-electron chi connectivity index (χ1n) is 7.49. The fraction of sp³-hybridized carbons (Fsp3) is 0.111. The van der Waals surface area contributed by atoms with Crippen molar-refractivity contribution in [3.63, 3.8) is 0 Å². The summed E-state index contributed by atoms with van der Waals surface area (Å²) in [5.41, 5.74) is 3.24. The molecule has 1 amide bonds. The first kappa shape index (κ1) is 17.3. The Balaban J connectivity index is 1.84. The summed E-state index contributed by atoms with van der Waals surface area (Å²) in [5.74, 6) is 0.583. The second-order valence-corrected chi connectivity index (χ2v) is 6.56. The summed E-state index contributed by atoms with van der Waals surface area (Å²) in [6.45, 7) is 1.48. The van der Waals surface area contributed by atoms with Crippen LogP contribution in [-0.2, 0) is 4.79 Å². The normalized spacial score (nSPS) is 10.4. The number of methoxy groups -OCH3 is 1. The molecule has 3 rings (SSSR count). The van der Waals surface area contributed by atoms with Gasteiger partial charge in [-0.1, -0.05) is 23.7 Å². The van der Waals surface area contributed by atoms with E-state index in [2.05, 4.69) is 15.6 Å². The van der Waals surface area contributed by atoms with Gasteiger partial charge in [-0.2, -0.15) is 0 Å². The van der Waals surface area contributed by atoms with E-state index in [1.165, 1.54) is 18.3 Å². The van der Waals surface area contributed by atoms with Crippen LogP contribution in [0, 0.1) is 0 Å². The number of ether oxygens (including phenoxy) is 1. The lowest BCUT2D eigenvalue weighted by Gasteiger charge is -2.09. The lowest BCUT2D eigenvalue weighted by Crippen LogP contribution is -2.05. The van der Waals surface area contributed by atoms with Crippen molar-refractivity contribution < 1.29 is 9.53 Å². The molecule has 0 bridgehead atoms. The third-order valence-corrected chi connectivity index (χ3v) is 4.38. The molecule has 0 aliphatic heterocycles. The Labute approximate surface area is 154 Å². The average molecular weight is 374 g/mol. The van der Waals surface area contributed by atoms with Crippen LogP contribution in [0.15, 0.2) is 47.8 Å². The zero-order valence-corrected chi connectivity index (χ0v) is 15.2. The van der Waals surface area contributed by atoms with Crippen molar-refractivity contribution >= 4 is 45.4 Å². The van der Waals surface area contributed by atoms with Gasteiger partial charge in [0.25, 0.3) is 0 Å². The van der Waals surface area contributed by atoms with Crippen LogP contribution in [-0.4, -0.2) is 18.0 Å². The van der Waals surface area contributed by atoms with Crippen LogP contribution in [0.25, 0.3) is 11.3 Å². The summed E-state index contributed by atoms with van der Waals surface area (Å²) in [6, 6.07) is 12.9. The van der Waals surface area contributed by atoms with Gasteiger partial charge in [-0.15, -0.1) is 11.3 Å². The van der Waals surface area contributed by atoms with Crippen LogP contribution in [0.1, 0.15) is 6.92 Å². The lowest BCUT2D eigenvalue weighted by molar-refractivity contribution is -0.114. The molecule has 3 aromatic rings. The van der Waals surface area contributed by atoms with Gasteiger partial charge in [0.2, 0.25) is 5.91 Å². The second-order valence-electron chi connectivity index (χ2n) is 5.27. The summed E-state index contributed by atoms with van der Waals surface area (Å²) in [5, 5.41) is 9.29. The molecule has 0 unspecified atom stereocenters. The highest BCUT2D eigenvalue weighted by molar-refractivity contribution is 7.14. The molecular weight excluding hydrogens is 358 g/mol. The summed E-state index contributed by atoms with van der Waals surface area (Å²) in [4.78, 5) is 15.8. The first-order chi connectivity index (χ1) is 12.0. The first-order valence-corrected chi connectivity index (χ1v) is 8.75. The maximum Gasteiger partial charge on any atom is 0.221 e. The number of benzene rings is 2. The minimum absolute atomic E-state index is 0.106. The van der Waals surface area contributed by atoms with Crippen molar-refractivity contribution in [3.8, 4) is 17.0 Å². The molecular formula is C18H16ClN3O2S. The van der Waals surface area contributed by atoms with E-state index in [0.29, 0.717) is 10.8 Å². The third-order valence-electron chi connectivity index (χ3n) is 3.39. The van der Waals surface area contributed by atoms with Gasteiger partial charge in [0.15, 0.2) is 5.13 Å². The van der Waals surface area contributed by atoms with Gasteiger partial charge in [0, 0.05) is 28.6 Å². The number of hydrogen-bond acceptors (Lipinski definition) is 5. The highest BCUT2D eigenvalue weighted by Crippen LogP contribution is 2.33. The lowest BCUT2D eigenvalue weighted by atomic mass is 10.1. The number of nitrogens with zero attached hydrogens (tertiary/aromatic N) is 1. The number of thiazole rings is 1. The molecule has 0 atom stereocenters. The van der Waals surface area contributed by atoms with Gasteiger partial charge in [0.1, 0.15) is 5.75 Å². The average Bonchev–Trinajstić information content (AvgIpc) is 3.03. The van der Waals surface area contributed by atoms with Crippen LogP contribution in [0.4, 0.5) is 16.5 Å². The van der Waals surface area contributed by atoms with Crippen LogP contribution in [0.3, 0.4) is 0 Å². The van der Waals surface area contributed by atoms with Crippen molar-refractivity contribution in [2.45, 2.75) is 6.92 Å². The van der Waals surface area contributed by atoms with Crippen molar-refractivity contribution in [1.29, 1.82) is 0 Å². The van der Waals surface area contributed by atoms with Crippen molar-refractivity contribution in [1.82, 2.24) is 4.98 Å². The van der Waals surface area contributed by atoms with Gasteiger partial charge in [-0.05, 0) is 30.3 Å². The van der Waals surface area contributed by atoms with Crippen LogP contribution in [0.5, 0.6) is 5.75 Å². The summed E-state index contributed by atoms with van der Waals surface area (Å²) in [6.07, 6.45) is 0. The number of carbonyl (C=O) groups is 1. The van der Waals surface area contributed by atoms with Crippen LogP contribution >= 0.6 is 22.9 Å². The molecule has 0 fully saturated rings. The Hall–Kier alpha value is -2.57. The highest BCUT2D eigenvalue weighted by Gasteiger charge is 2.09. The maximum atomic E-state index is 11.2. The predicted octanol–water partition coefficient (Wildman–Crippen LogP) is 5.17. The van der Waals surface area contributed by atoms with E-state index in [1.54, 1.807) is 25.3 Å². The summed E-state index contributed by atoms with van der Waals surface area (Å²) in [7, 11) is 1.61. The zero-order chi connectivity index (χ0) is 17.8. The maximum absolute atomic E-state index is 11.2. The minimum atomic E-state index is -0.106. The molecule has 0 aliphatic carbocycles. The molecule has 128 valence electrons. The van der Waals surface area contributed by atoms with Gasteiger partial charge < -0.3 is 15.4 Å². The van der Waals surface area contributed by atoms with E-state index < -0.39 is 0 Å². The van der Waals surface area contributed by atoms with E-state index in [9.17, 15) is 4.79 Å². The summed E-state index contributed by atoms with van der Waals surface area (Å²) < 4.78 is 5.33. The number of hydrogen-bond donors (Lipinski definition) is 2. The molecule has 7 heteroatoms. The van der Waals surface area contributed by atoms with E-state index in [-0.39, 0.29) is 5.91 Å². The molecule has 0 radical (unpaired) electrons. The van der Waals surface area contributed by atoms with Crippen LogP contribution in [0.2, 0.25) is 5.02 Å². The molecule has 1 aromatic heterocycles. The molecule has 1 heterocycles. The van der Waals surface area contributed by atoms with Gasteiger partial charge in [-0.25, -0.2) is 4.98 Å². The molecule has 2 N–H and O–H groups in total. The Bertz CT molecular complexity index is 911. The predicted molar refractivity (Wildman–Crippen MR) is 103 cm³/mol. The van der Waals surface area contributed by atoms with Crippen molar-refractivity contribution in [3.05, 3.63) is 52.9 Å². The van der Waals surface area contributed by atoms with E-state index in [1.807, 2.05) is 29.6 Å². The van der Waals surface area contributed by atoms with E-state index in [0.717, 1.165) is 27.8 Å². The Morgan fingerprint density at radius 1 is 1.24 bits per heavy atom. The van der Waals surface area contributed by atoms with E-state index in [4.69, 9.17) is 16.3 Å². The fourth-order valence-corrected chi connectivity index (χ4v) is 3.22. The van der Waals surface area contributed by atoms with Gasteiger partial charge in [0.05, 0.1) is 18.5 Å². The van der Waals surface area contributed by atoms with Crippen molar-refractivity contribution in [2.75, 3.05) is 17.7 Å². The van der Waals surface area contributed by atoms with Crippen molar-refractivity contribution in [2.24, 2.45) is 0 Å². The number of amides is 1. The monoisotopic (exact) mass is 373 g/mol. The number of rotatable bonds is 5. The topological polar surface area (TPSA) is 63.2 Å². The molecule has 0 saturated heterocycles. The Morgan fingerprint density at radius 2 is 2.08 bits per heavy atom. The van der Waals surface area contributed by atoms with E-state index >= 15 is 0 Å². The third kappa shape index (κ3) is 4.29. The molecule has 0 spiro atoms. The molecule has 5 nitrogen and oxygen atoms in total. The Kier molecular flexibility index (Phi) is 5.21.